The molecule has 2 aromatic rings. The zero-order valence-corrected chi connectivity index (χ0v) is 6.88. The summed E-state index contributed by atoms with van der Waals surface area (Å²) in [6, 6.07) is 8.58. The minimum Gasteiger partial charge on any atom is -0.506 e. The maximum absolute atomic E-state index is 9.49. The maximum atomic E-state index is 9.49. The van der Waals surface area contributed by atoms with Gasteiger partial charge in [-0.2, -0.15) is 5.10 Å². The van der Waals surface area contributed by atoms with Crippen molar-refractivity contribution in [2.24, 2.45) is 0 Å². The summed E-state index contributed by atoms with van der Waals surface area (Å²) in [4.78, 5) is 0. The Kier molecular flexibility index (Phi) is 1.66. The molecule has 1 aromatic carbocycles. The lowest BCUT2D eigenvalue weighted by Crippen LogP contribution is -2.01. The van der Waals surface area contributed by atoms with Gasteiger partial charge in [-0.25, -0.2) is 4.68 Å². The number of anilines is 1. The molecule has 0 fully saturated rings. The Bertz CT molecular complexity index is 422. The molecule has 66 valence electrons. The van der Waals surface area contributed by atoms with E-state index in [4.69, 9.17) is 5.73 Å². The molecule has 4 nitrogen and oxygen atoms in total. The van der Waals surface area contributed by atoms with Crippen molar-refractivity contribution in [3.8, 4) is 11.4 Å². The summed E-state index contributed by atoms with van der Waals surface area (Å²) in [7, 11) is 0. The fourth-order valence-electron chi connectivity index (χ4n) is 1.16. The molecular weight excluding hydrogens is 166 g/mol. The van der Waals surface area contributed by atoms with Crippen LogP contribution in [0, 0.1) is 0 Å². The van der Waals surface area contributed by atoms with Crippen LogP contribution < -0.4 is 5.73 Å². The van der Waals surface area contributed by atoms with E-state index in [2.05, 4.69) is 5.10 Å². The molecule has 0 spiro atoms. The van der Waals surface area contributed by atoms with Crippen molar-refractivity contribution in [3.05, 3.63) is 36.5 Å². The van der Waals surface area contributed by atoms with Crippen LogP contribution in [0.25, 0.3) is 5.69 Å². The third kappa shape index (κ3) is 1.22. The van der Waals surface area contributed by atoms with Crippen molar-refractivity contribution < 1.29 is 5.11 Å². The molecule has 2 rings (SSSR count). The molecule has 0 aliphatic carbocycles. The molecule has 0 atom stereocenters. The number of rotatable bonds is 1. The van der Waals surface area contributed by atoms with E-state index in [1.54, 1.807) is 30.5 Å². The van der Waals surface area contributed by atoms with Gasteiger partial charge >= 0.3 is 0 Å². The topological polar surface area (TPSA) is 64.1 Å². The average molecular weight is 175 g/mol. The second-order valence-electron chi connectivity index (χ2n) is 2.66. The molecule has 0 saturated carbocycles. The van der Waals surface area contributed by atoms with Crippen LogP contribution in [0.15, 0.2) is 36.5 Å². The molecule has 0 radical (unpaired) electrons. The van der Waals surface area contributed by atoms with Crippen LogP contribution in [0.4, 0.5) is 5.82 Å². The summed E-state index contributed by atoms with van der Waals surface area (Å²) < 4.78 is 1.48. The number of aromatic hydroxyl groups is 1. The van der Waals surface area contributed by atoms with Gasteiger partial charge in [0, 0.05) is 6.07 Å². The Balaban J connectivity index is 2.59. The van der Waals surface area contributed by atoms with Gasteiger partial charge in [-0.3, -0.25) is 0 Å². The van der Waals surface area contributed by atoms with Gasteiger partial charge in [-0.05, 0) is 12.1 Å². The van der Waals surface area contributed by atoms with Gasteiger partial charge < -0.3 is 10.8 Å². The second kappa shape index (κ2) is 2.82. The second-order valence-corrected chi connectivity index (χ2v) is 2.66. The monoisotopic (exact) mass is 175 g/mol. The van der Waals surface area contributed by atoms with Crippen molar-refractivity contribution in [2.45, 2.75) is 0 Å². The smallest absolute Gasteiger partial charge is 0.141 e. The summed E-state index contributed by atoms with van der Waals surface area (Å²) >= 11 is 0. The largest absolute Gasteiger partial charge is 0.506 e. The number of hydrogen-bond acceptors (Lipinski definition) is 3. The number of benzene rings is 1. The van der Waals surface area contributed by atoms with Gasteiger partial charge in [0.15, 0.2) is 0 Å². The van der Waals surface area contributed by atoms with Crippen LogP contribution >= 0.6 is 0 Å². The summed E-state index contributed by atoms with van der Waals surface area (Å²) in [5.41, 5.74) is 6.22. The highest BCUT2D eigenvalue weighted by molar-refractivity contribution is 5.49. The summed E-state index contributed by atoms with van der Waals surface area (Å²) in [5, 5.41) is 13.5. The number of phenolic OH excluding ortho intramolecular Hbond substituents is 1. The number of nitrogens with zero attached hydrogens (tertiary/aromatic N) is 2. The molecule has 13 heavy (non-hydrogen) atoms. The van der Waals surface area contributed by atoms with E-state index in [0.717, 1.165) is 0 Å². The summed E-state index contributed by atoms with van der Waals surface area (Å²) in [5.74, 6) is 0.666. The number of aromatic nitrogens is 2. The molecule has 0 aliphatic rings. The zero-order chi connectivity index (χ0) is 9.26. The van der Waals surface area contributed by atoms with Crippen LogP contribution in [0.3, 0.4) is 0 Å². The first-order chi connectivity index (χ1) is 6.29. The van der Waals surface area contributed by atoms with Crippen molar-refractivity contribution in [1.29, 1.82) is 0 Å². The highest BCUT2D eigenvalue weighted by Gasteiger charge is 2.04. The predicted molar refractivity (Wildman–Crippen MR) is 49.6 cm³/mol. The van der Waals surface area contributed by atoms with Gasteiger partial charge in [0.2, 0.25) is 0 Å². The molecule has 0 aliphatic heterocycles. The Morgan fingerprint density at radius 3 is 2.62 bits per heavy atom. The van der Waals surface area contributed by atoms with Gasteiger partial charge in [0.05, 0.1) is 6.20 Å². The highest BCUT2D eigenvalue weighted by atomic mass is 16.3. The van der Waals surface area contributed by atoms with Crippen LogP contribution in [-0.4, -0.2) is 14.9 Å². The third-order valence-electron chi connectivity index (χ3n) is 1.78. The molecule has 3 N–H and O–H groups in total. The van der Waals surface area contributed by atoms with Crippen LogP contribution in [0.5, 0.6) is 5.75 Å². The van der Waals surface area contributed by atoms with E-state index >= 15 is 0 Å². The summed E-state index contributed by atoms with van der Waals surface area (Å²) in [6.07, 6.45) is 1.59. The van der Waals surface area contributed by atoms with E-state index in [0.29, 0.717) is 11.5 Å². The van der Waals surface area contributed by atoms with Gasteiger partial charge in [-0.1, -0.05) is 12.1 Å². The van der Waals surface area contributed by atoms with E-state index in [-0.39, 0.29) is 5.75 Å². The number of nitrogen functional groups attached to an aromatic ring is 1. The van der Waals surface area contributed by atoms with Crippen LogP contribution in [0.1, 0.15) is 0 Å². The Hall–Kier alpha value is -1.97. The molecule has 0 unspecified atom stereocenters. The first-order valence-corrected chi connectivity index (χ1v) is 3.87. The Morgan fingerprint density at radius 1 is 1.23 bits per heavy atom. The minimum atomic E-state index is 0.165. The molecule has 1 aromatic heterocycles. The SMILES string of the molecule is Nc1ccnn1-c1ccccc1O. The fraction of sp³-hybridized carbons (Fsp3) is 0. The van der Waals surface area contributed by atoms with E-state index in [1.807, 2.05) is 6.07 Å². The van der Waals surface area contributed by atoms with E-state index in [1.165, 1.54) is 4.68 Å². The number of hydrogen-bond donors (Lipinski definition) is 2. The lowest BCUT2D eigenvalue weighted by atomic mass is 10.3. The minimum absolute atomic E-state index is 0.165. The van der Waals surface area contributed by atoms with Gasteiger partial charge in [0.1, 0.15) is 17.3 Å². The molecule has 0 saturated heterocycles. The Labute approximate surface area is 75.2 Å². The lowest BCUT2D eigenvalue weighted by molar-refractivity contribution is 0.470. The molecular formula is C9H9N3O. The third-order valence-corrected chi connectivity index (χ3v) is 1.78. The van der Waals surface area contributed by atoms with Crippen molar-refractivity contribution in [3.63, 3.8) is 0 Å². The molecule has 4 heteroatoms. The predicted octanol–water partition coefficient (Wildman–Crippen LogP) is 1.16. The van der Waals surface area contributed by atoms with Crippen molar-refractivity contribution in [1.82, 2.24) is 9.78 Å². The maximum Gasteiger partial charge on any atom is 0.141 e. The zero-order valence-electron chi connectivity index (χ0n) is 6.88. The Morgan fingerprint density at radius 2 is 2.00 bits per heavy atom. The fourth-order valence-corrected chi connectivity index (χ4v) is 1.16. The van der Waals surface area contributed by atoms with Crippen molar-refractivity contribution in [2.75, 3.05) is 5.73 Å². The standard InChI is InChI=1S/C9H9N3O/c10-9-5-6-11-12(9)7-3-1-2-4-8(7)13/h1-6,13H,10H2. The molecule has 0 amide bonds. The molecule has 1 heterocycles. The summed E-state index contributed by atoms with van der Waals surface area (Å²) in [6.45, 7) is 0. The highest BCUT2D eigenvalue weighted by Crippen LogP contribution is 2.21. The number of nitrogens with two attached hydrogens (primary N) is 1. The first-order valence-electron chi connectivity index (χ1n) is 3.87. The number of para-hydroxylation sites is 2. The first kappa shape index (κ1) is 7.67. The quantitative estimate of drug-likeness (QED) is 0.683. The van der Waals surface area contributed by atoms with Crippen LogP contribution in [0.2, 0.25) is 0 Å². The van der Waals surface area contributed by atoms with Gasteiger partial charge in [0.25, 0.3) is 0 Å². The lowest BCUT2D eigenvalue weighted by Gasteiger charge is -2.05. The number of phenols is 1. The van der Waals surface area contributed by atoms with Crippen LogP contribution in [-0.2, 0) is 0 Å². The average Bonchev–Trinajstić information content (AvgIpc) is 2.52. The molecule has 0 bridgehead atoms. The van der Waals surface area contributed by atoms with Crippen molar-refractivity contribution >= 4 is 5.82 Å². The van der Waals surface area contributed by atoms with E-state index in [9.17, 15) is 5.11 Å². The van der Waals surface area contributed by atoms with Gasteiger partial charge in [-0.15, -0.1) is 0 Å². The van der Waals surface area contributed by atoms with E-state index < -0.39 is 0 Å². The normalized spacial score (nSPS) is 10.2.